The molecule has 32 heavy (non-hydrogen) atoms. The summed E-state index contributed by atoms with van der Waals surface area (Å²) in [7, 11) is 0. The van der Waals surface area contributed by atoms with Crippen LogP contribution in [0.2, 0.25) is 0 Å². The molecule has 0 rings (SSSR count). The maximum atomic E-state index is 11.8. The van der Waals surface area contributed by atoms with Crippen LogP contribution in [0.5, 0.6) is 0 Å². The molecule has 0 aromatic heterocycles. The molecule has 190 valence electrons. The summed E-state index contributed by atoms with van der Waals surface area (Å²) in [5.74, 6) is 0.175. The van der Waals surface area contributed by atoms with Crippen LogP contribution in [0.1, 0.15) is 155 Å². The van der Waals surface area contributed by atoms with Crippen LogP contribution < -0.4 is 0 Å². The van der Waals surface area contributed by atoms with Crippen LogP contribution in [0.15, 0.2) is 12.2 Å². The normalized spacial score (nSPS) is 12.6. The third-order valence-corrected chi connectivity index (χ3v) is 6.99. The van der Waals surface area contributed by atoms with Gasteiger partial charge in [0.25, 0.3) is 0 Å². The third-order valence-electron chi connectivity index (χ3n) is 6.62. The van der Waals surface area contributed by atoms with E-state index in [0.717, 1.165) is 25.7 Å². The SMILES string of the molecule is CCCCCCCC/C=C\CCCCCCC(CCCCCCCCCCCO)C(=O)S. The molecule has 0 spiro atoms. The number of carbonyl (C=O) groups is 1. The minimum Gasteiger partial charge on any atom is -0.396 e. The summed E-state index contributed by atoms with van der Waals surface area (Å²) >= 11 is 4.15. The first-order valence-electron chi connectivity index (χ1n) is 14.2. The van der Waals surface area contributed by atoms with Crippen molar-refractivity contribution in [2.75, 3.05) is 6.61 Å². The van der Waals surface area contributed by atoms with Crippen molar-refractivity contribution >= 4 is 17.7 Å². The lowest BCUT2D eigenvalue weighted by atomic mass is 9.95. The summed E-state index contributed by atoms with van der Waals surface area (Å²) < 4.78 is 0. The monoisotopic (exact) mass is 468 g/mol. The molecule has 0 amide bonds. The van der Waals surface area contributed by atoms with E-state index in [1.807, 2.05) is 0 Å². The van der Waals surface area contributed by atoms with Gasteiger partial charge in [0.05, 0.1) is 0 Å². The van der Waals surface area contributed by atoms with Crippen molar-refractivity contribution in [3.05, 3.63) is 12.2 Å². The van der Waals surface area contributed by atoms with Gasteiger partial charge in [0, 0.05) is 12.5 Å². The summed E-state index contributed by atoms with van der Waals surface area (Å²) in [6, 6.07) is 0. The molecule has 0 saturated carbocycles. The number of hydrogen-bond donors (Lipinski definition) is 2. The Bertz CT molecular complexity index is 408. The minimum atomic E-state index is 0.103. The van der Waals surface area contributed by atoms with Gasteiger partial charge in [0.15, 0.2) is 5.12 Å². The van der Waals surface area contributed by atoms with E-state index in [4.69, 9.17) is 5.11 Å². The molecule has 0 aliphatic carbocycles. The molecule has 0 saturated heterocycles. The van der Waals surface area contributed by atoms with E-state index in [1.165, 1.54) is 122 Å². The molecule has 0 aliphatic heterocycles. The Morgan fingerprint density at radius 3 is 1.41 bits per heavy atom. The molecule has 0 radical (unpaired) electrons. The highest BCUT2D eigenvalue weighted by Gasteiger charge is 2.14. The van der Waals surface area contributed by atoms with Crippen molar-refractivity contribution < 1.29 is 9.90 Å². The predicted molar refractivity (Wildman–Crippen MR) is 146 cm³/mol. The highest BCUT2D eigenvalue weighted by molar-refractivity contribution is 7.96. The Hall–Kier alpha value is -0.280. The summed E-state index contributed by atoms with van der Waals surface area (Å²) in [5.41, 5.74) is 0. The van der Waals surface area contributed by atoms with Crippen LogP contribution in [-0.4, -0.2) is 16.8 Å². The van der Waals surface area contributed by atoms with Gasteiger partial charge in [-0.25, -0.2) is 0 Å². The second kappa shape index (κ2) is 27.0. The molecule has 1 N–H and O–H groups in total. The number of thiol groups is 1. The first kappa shape index (κ1) is 31.7. The first-order valence-corrected chi connectivity index (χ1v) is 14.7. The van der Waals surface area contributed by atoms with Gasteiger partial charge < -0.3 is 5.11 Å². The van der Waals surface area contributed by atoms with Crippen molar-refractivity contribution in [1.82, 2.24) is 0 Å². The van der Waals surface area contributed by atoms with E-state index in [1.54, 1.807) is 0 Å². The van der Waals surface area contributed by atoms with Crippen molar-refractivity contribution in [1.29, 1.82) is 0 Å². The molecule has 3 heteroatoms. The Labute approximate surface area is 206 Å². The first-order chi connectivity index (χ1) is 15.7. The van der Waals surface area contributed by atoms with Crippen LogP contribution in [0.4, 0.5) is 0 Å². The smallest absolute Gasteiger partial charge is 0.188 e. The molecule has 0 aliphatic rings. The standard InChI is InChI=1S/C29H56O2S/c1-2-3-4-5-6-7-8-9-10-11-13-16-19-22-25-28(29(31)32)26-23-20-17-14-12-15-18-21-24-27-30/h9-10,28,30H,2-8,11-27H2,1H3,(H,31,32)/b10-9-. The number of unbranched alkanes of at least 4 members (excludes halogenated alkanes) is 18. The molecule has 0 aromatic carbocycles. The quantitative estimate of drug-likeness (QED) is 0.0753. The van der Waals surface area contributed by atoms with Crippen LogP contribution in [0, 0.1) is 5.92 Å². The van der Waals surface area contributed by atoms with Crippen LogP contribution in [-0.2, 0) is 4.79 Å². The minimum absolute atomic E-state index is 0.103. The zero-order valence-corrected chi connectivity index (χ0v) is 22.4. The van der Waals surface area contributed by atoms with Crippen molar-refractivity contribution in [3.63, 3.8) is 0 Å². The number of hydrogen-bond acceptors (Lipinski definition) is 2. The van der Waals surface area contributed by atoms with Crippen molar-refractivity contribution in [2.45, 2.75) is 155 Å². The van der Waals surface area contributed by atoms with Gasteiger partial charge in [0.1, 0.15) is 0 Å². The molecular formula is C29H56O2S. The van der Waals surface area contributed by atoms with E-state index in [9.17, 15) is 4.79 Å². The number of aliphatic hydroxyl groups excluding tert-OH is 1. The fourth-order valence-corrected chi connectivity index (χ4v) is 4.67. The van der Waals surface area contributed by atoms with E-state index >= 15 is 0 Å². The molecule has 0 aromatic rings. The van der Waals surface area contributed by atoms with Gasteiger partial charge in [0.2, 0.25) is 0 Å². The Morgan fingerprint density at radius 2 is 1.00 bits per heavy atom. The van der Waals surface area contributed by atoms with E-state index < -0.39 is 0 Å². The molecular weight excluding hydrogens is 412 g/mol. The maximum Gasteiger partial charge on any atom is 0.188 e. The molecule has 1 atom stereocenters. The van der Waals surface area contributed by atoms with Gasteiger partial charge in [-0.15, -0.1) is 12.6 Å². The zero-order chi connectivity index (χ0) is 23.5. The lowest BCUT2D eigenvalue weighted by Gasteiger charge is -2.13. The van der Waals surface area contributed by atoms with Gasteiger partial charge >= 0.3 is 0 Å². The highest BCUT2D eigenvalue weighted by atomic mass is 32.1. The molecule has 0 fully saturated rings. The van der Waals surface area contributed by atoms with Crippen molar-refractivity contribution in [2.24, 2.45) is 5.92 Å². The number of rotatable bonds is 26. The molecule has 0 heterocycles. The zero-order valence-electron chi connectivity index (χ0n) is 21.5. The number of carbonyl (C=O) groups excluding carboxylic acids is 1. The van der Waals surface area contributed by atoms with Crippen LogP contribution >= 0.6 is 12.6 Å². The number of allylic oxidation sites excluding steroid dienone is 2. The predicted octanol–water partition coefficient (Wildman–Crippen LogP) is 9.60. The number of aliphatic hydroxyl groups is 1. The largest absolute Gasteiger partial charge is 0.396 e. The lowest BCUT2D eigenvalue weighted by Crippen LogP contribution is -2.09. The second-order valence-corrected chi connectivity index (χ2v) is 10.2. The summed E-state index contributed by atoms with van der Waals surface area (Å²) in [4.78, 5) is 11.8. The molecule has 1 unspecified atom stereocenters. The third kappa shape index (κ3) is 24.4. The van der Waals surface area contributed by atoms with Crippen LogP contribution in [0.3, 0.4) is 0 Å². The topological polar surface area (TPSA) is 37.3 Å². The Morgan fingerprint density at radius 1 is 0.625 bits per heavy atom. The van der Waals surface area contributed by atoms with Gasteiger partial charge in [-0.05, 0) is 44.9 Å². The molecule has 0 bridgehead atoms. The van der Waals surface area contributed by atoms with E-state index in [0.29, 0.717) is 6.61 Å². The van der Waals surface area contributed by atoms with Crippen molar-refractivity contribution in [3.8, 4) is 0 Å². The van der Waals surface area contributed by atoms with Gasteiger partial charge in [-0.1, -0.05) is 122 Å². The molecule has 2 nitrogen and oxygen atoms in total. The Balaban J connectivity index is 3.48. The maximum absolute atomic E-state index is 11.8. The van der Waals surface area contributed by atoms with Gasteiger partial charge in [-0.3, -0.25) is 4.79 Å². The highest BCUT2D eigenvalue weighted by Crippen LogP contribution is 2.21. The Kier molecular flexibility index (Phi) is 26.7. The van der Waals surface area contributed by atoms with Crippen LogP contribution in [0.25, 0.3) is 0 Å². The summed E-state index contributed by atoms with van der Waals surface area (Å²) in [6.07, 6.45) is 33.6. The van der Waals surface area contributed by atoms with E-state index in [2.05, 4.69) is 31.7 Å². The summed E-state index contributed by atoms with van der Waals surface area (Å²) in [6.45, 7) is 2.61. The fraction of sp³-hybridized carbons (Fsp3) is 0.897. The second-order valence-electron chi connectivity index (χ2n) is 9.75. The van der Waals surface area contributed by atoms with Gasteiger partial charge in [-0.2, -0.15) is 0 Å². The average molecular weight is 469 g/mol. The van der Waals surface area contributed by atoms with E-state index in [-0.39, 0.29) is 11.0 Å². The average Bonchev–Trinajstić information content (AvgIpc) is 2.78. The lowest BCUT2D eigenvalue weighted by molar-refractivity contribution is -0.114. The fourth-order valence-electron chi connectivity index (χ4n) is 4.42. The summed E-state index contributed by atoms with van der Waals surface area (Å²) in [5, 5.41) is 8.88.